The van der Waals surface area contributed by atoms with Gasteiger partial charge in [0, 0.05) is 41.7 Å². The Kier molecular flexibility index (Phi) is 7.54. The highest BCUT2D eigenvalue weighted by molar-refractivity contribution is 6.30. The summed E-state index contributed by atoms with van der Waals surface area (Å²) < 4.78 is 41.6. The Balaban J connectivity index is 1.42. The highest BCUT2D eigenvalue weighted by atomic mass is 35.5. The minimum Gasteiger partial charge on any atom is -0.406 e. The molecule has 1 aliphatic rings. The van der Waals surface area contributed by atoms with Crippen molar-refractivity contribution in [2.75, 3.05) is 28.6 Å². The van der Waals surface area contributed by atoms with Crippen LogP contribution in [0.1, 0.15) is 12.0 Å². The summed E-state index contributed by atoms with van der Waals surface area (Å²) in [7, 11) is 0. The maximum atomic E-state index is 13.2. The van der Waals surface area contributed by atoms with Crippen molar-refractivity contribution in [3.05, 3.63) is 83.4 Å². The zero-order chi connectivity index (χ0) is 25.7. The van der Waals surface area contributed by atoms with E-state index < -0.39 is 12.4 Å². The molecule has 4 rings (SSSR count). The Morgan fingerprint density at radius 3 is 2.36 bits per heavy atom. The van der Waals surface area contributed by atoms with E-state index in [4.69, 9.17) is 11.6 Å². The first kappa shape index (κ1) is 25.2. The smallest absolute Gasteiger partial charge is 0.406 e. The molecule has 1 aliphatic heterocycles. The van der Waals surface area contributed by atoms with Gasteiger partial charge in [0.15, 0.2) is 0 Å². The normalized spacial score (nSPS) is 13.9. The van der Waals surface area contributed by atoms with Gasteiger partial charge in [-0.1, -0.05) is 35.9 Å². The number of benzene rings is 3. The molecule has 36 heavy (non-hydrogen) atoms. The molecular weight excluding hydrogens is 497 g/mol. The van der Waals surface area contributed by atoms with Gasteiger partial charge in [0.1, 0.15) is 5.75 Å². The van der Waals surface area contributed by atoms with Crippen molar-refractivity contribution >= 4 is 40.7 Å². The van der Waals surface area contributed by atoms with Gasteiger partial charge in [-0.3, -0.25) is 4.90 Å². The van der Waals surface area contributed by atoms with Gasteiger partial charge in [0.2, 0.25) is 0 Å². The number of rotatable bonds is 6. The van der Waals surface area contributed by atoms with E-state index in [-0.39, 0.29) is 18.3 Å². The molecule has 0 bridgehead atoms. The summed E-state index contributed by atoms with van der Waals surface area (Å²) in [6.45, 7) is 1.05. The van der Waals surface area contributed by atoms with E-state index in [1.807, 2.05) is 0 Å². The Labute approximate surface area is 210 Å². The molecule has 3 aromatic carbocycles. The molecule has 1 heterocycles. The molecule has 0 radical (unpaired) electrons. The van der Waals surface area contributed by atoms with Crippen molar-refractivity contribution in [1.29, 1.82) is 0 Å². The summed E-state index contributed by atoms with van der Waals surface area (Å²) in [4.78, 5) is 28.7. The number of urea groups is 2. The lowest BCUT2D eigenvalue weighted by Crippen LogP contribution is -2.49. The molecule has 7 nitrogen and oxygen atoms in total. The second-order valence-corrected chi connectivity index (χ2v) is 8.48. The van der Waals surface area contributed by atoms with Crippen molar-refractivity contribution in [3.63, 3.8) is 0 Å². The first-order valence-electron chi connectivity index (χ1n) is 11.0. The van der Waals surface area contributed by atoms with Crippen molar-refractivity contribution < 1.29 is 27.5 Å². The number of nitrogens with one attached hydrogen (secondary N) is 2. The number of ether oxygens (including phenoxy) is 1. The van der Waals surface area contributed by atoms with Crippen LogP contribution < -0.4 is 20.3 Å². The molecule has 0 unspecified atom stereocenters. The van der Waals surface area contributed by atoms with Crippen LogP contribution in [0.25, 0.3) is 0 Å². The molecule has 2 N–H and O–H groups in total. The lowest BCUT2D eigenvalue weighted by molar-refractivity contribution is -0.274. The summed E-state index contributed by atoms with van der Waals surface area (Å²) in [5.74, 6) is -0.337. The van der Waals surface area contributed by atoms with Crippen LogP contribution >= 0.6 is 11.6 Å². The number of hydrogen-bond acceptors (Lipinski definition) is 3. The highest BCUT2D eigenvalue weighted by Gasteiger charge is 2.31. The van der Waals surface area contributed by atoms with E-state index in [0.29, 0.717) is 47.2 Å². The summed E-state index contributed by atoms with van der Waals surface area (Å²) in [5.41, 5.74) is 2.11. The molecule has 0 aliphatic carbocycles. The summed E-state index contributed by atoms with van der Waals surface area (Å²) in [5, 5.41) is 5.91. The molecule has 3 aromatic rings. The summed E-state index contributed by atoms with van der Waals surface area (Å²) >= 11 is 5.94. The lowest BCUT2D eigenvalue weighted by Gasteiger charge is -2.36. The SMILES string of the molecule is O=C(Nc1cccc(Cl)c1)Nc1cccc(N2CCCN(Cc3cccc(OC(F)(F)F)c3)C2=O)c1. The second kappa shape index (κ2) is 10.8. The number of amides is 4. The molecule has 4 amide bonds. The maximum absolute atomic E-state index is 13.2. The Hall–Kier alpha value is -3.92. The Morgan fingerprint density at radius 2 is 1.64 bits per heavy atom. The van der Waals surface area contributed by atoms with Crippen molar-refractivity contribution in [2.24, 2.45) is 0 Å². The zero-order valence-electron chi connectivity index (χ0n) is 18.9. The third-order valence-electron chi connectivity index (χ3n) is 5.31. The van der Waals surface area contributed by atoms with Crippen LogP contribution in [0.15, 0.2) is 72.8 Å². The molecule has 11 heteroatoms. The maximum Gasteiger partial charge on any atom is 0.573 e. The van der Waals surface area contributed by atoms with Crippen molar-refractivity contribution in [2.45, 2.75) is 19.3 Å². The molecule has 0 aromatic heterocycles. The van der Waals surface area contributed by atoms with Crippen LogP contribution in [0.5, 0.6) is 5.75 Å². The first-order valence-corrected chi connectivity index (χ1v) is 11.4. The minimum absolute atomic E-state index is 0.129. The van der Waals surface area contributed by atoms with Crippen LogP contribution in [0, 0.1) is 0 Å². The van der Waals surface area contributed by atoms with Crippen LogP contribution in [0.4, 0.5) is 39.8 Å². The van der Waals surface area contributed by atoms with Gasteiger partial charge >= 0.3 is 18.4 Å². The summed E-state index contributed by atoms with van der Waals surface area (Å²) in [6, 6.07) is 18.4. The van der Waals surface area contributed by atoms with Crippen molar-refractivity contribution in [1.82, 2.24) is 4.90 Å². The summed E-state index contributed by atoms with van der Waals surface area (Å²) in [6.07, 6.45) is -4.13. The van der Waals surface area contributed by atoms with Gasteiger partial charge in [0.05, 0.1) is 0 Å². The number of carbonyl (C=O) groups excluding carboxylic acids is 2. The average Bonchev–Trinajstić information content (AvgIpc) is 2.80. The predicted octanol–water partition coefficient (Wildman–Crippen LogP) is 6.71. The van der Waals surface area contributed by atoms with Gasteiger partial charge < -0.3 is 20.3 Å². The van der Waals surface area contributed by atoms with E-state index >= 15 is 0 Å². The largest absolute Gasteiger partial charge is 0.573 e. The van der Waals surface area contributed by atoms with Crippen LogP contribution in [-0.2, 0) is 6.54 Å². The van der Waals surface area contributed by atoms with Gasteiger partial charge in [0.25, 0.3) is 0 Å². The Morgan fingerprint density at radius 1 is 0.944 bits per heavy atom. The van der Waals surface area contributed by atoms with E-state index in [1.165, 1.54) is 18.2 Å². The second-order valence-electron chi connectivity index (χ2n) is 8.04. The van der Waals surface area contributed by atoms with Crippen LogP contribution in [-0.4, -0.2) is 36.4 Å². The molecular formula is C25H22ClF3N4O3. The molecule has 0 spiro atoms. The zero-order valence-corrected chi connectivity index (χ0v) is 19.6. The van der Waals surface area contributed by atoms with E-state index in [1.54, 1.807) is 64.4 Å². The lowest BCUT2D eigenvalue weighted by atomic mass is 10.1. The van der Waals surface area contributed by atoms with Gasteiger partial charge in [-0.2, -0.15) is 0 Å². The standard InChI is InChI=1S/C25H22ClF3N4O3/c26-18-6-2-7-19(14-18)30-23(34)31-20-8-3-9-21(15-20)33-12-4-11-32(24(33)35)16-17-5-1-10-22(13-17)36-25(27,28)29/h1-3,5-10,13-15H,4,11-12,16H2,(H2,30,31,34). The monoisotopic (exact) mass is 518 g/mol. The topological polar surface area (TPSA) is 73.9 Å². The third kappa shape index (κ3) is 6.82. The van der Waals surface area contributed by atoms with E-state index in [9.17, 15) is 22.8 Å². The highest BCUT2D eigenvalue weighted by Crippen LogP contribution is 2.27. The van der Waals surface area contributed by atoms with E-state index in [2.05, 4.69) is 15.4 Å². The Bertz CT molecular complexity index is 1250. The van der Waals surface area contributed by atoms with Gasteiger partial charge in [-0.25, -0.2) is 9.59 Å². The molecule has 0 atom stereocenters. The molecule has 188 valence electrons. The fraction of sp³-hybridized carbons (Fsp3) is 0.200. The third-order valence-corrected chi connectivity index (χ3v) is 5.55. The van der Waals surface area contributed by atoms with Crippen molar-refractivity contribution in [3.8, 4) is 5.75 Å². The fourth-order valence-electron chi connectivity index (χ4n) is 3.84. The first-order chi connectivity index (χ1) is 17.2. The van der Waals surface area contributed by atoms with Crippen LogP contribution in [0.2, 0.25) is 5.02 Å². The number of halogens is 4. The quantitative estimate of drug-likeness (QED) is 0.380. The molecule has 1 saturated heterocycles. The number of anilines is 3. The minimum atomic E-state index is -4.79. The predicted molar refractivity (Wildman–Crippen MR) is 131 cm³/mol. The number of alkyl halides is 3. The average molecular weight is 519 g/mol. The molecule has 0 saturated carbocycles. The van der Waals surface area contributed by atoms with Gasteiger partial charge in [-0.15, -0.1) is 13.2 Å². The van der Waals surface area contributed by atoms with E-state index in [0.717, 1.165) is 0 Å². The van der Waals surface area contributed by atoms with Gasteiger partial charge in [-0.05, 0) is 60.5 Å². The molecule has 1 fully saturated rings. The number of hydrogen-bond donors (Lipinski definition) is 2. The number of carbonyl (C=O) groups is 2. The number of nitrogens with zero attached hydrogens (tertiary/aromatic N) is 2. The van der Waals surface area contributed by atoms with Crippen LogP contribution in [0.3, 0.4) is 0 Å². The fourth-order valence-corrected chi connectivity index (χ4v) is 4.03.